The molecule has 2 atom stereocenters. The first-order valence-corrected chi connectivity index (χ1v) is 8.18. The van der Waals surface area contributed by atoms with Crippen LogP contribution < -0.4 is 19.9 Å². The van der Waals surface area contributed by atoms with Crippen molar-refractivity contribution in [3.05, 3.63) is 24.3 Å². The number of aliphatic hydroxyl groups is 1. The summed E-state index contributed by atoms with van der Waals surface area (Å²) in [5, 5.41) is 13.2. The van der Waals surface area contributed by atoms with Crippen LogP contribution in [0.15, 0.2) is 18.5 Å². The van der Waals surface area contributed by atoms with Crippen LogP contribution >= 0.6 is 0 Å². The molecule has 132 valence electrons. The third kappa shape index (κ3) is 2.70. The molecule has 2 aromatic heterocycles. The molecule has 2 bridgehead atoms. The molecular weight excluding hydrogens is 327 g/mol. The molecule has 0 saturated heterocycles. The number of halogens is 1. The van der Waals surface area contributed by atoms with E-state index in [-0.39, 0.29) is 11.9 Å². The van der Waals surface area contributed by atoms with Crippen molar-refractivity contribution in [1.29, 1.82) is 0 Å². The Bertz CT molecular complexity index is 804. The Balaban J connectivity index is 1.91. The molecule has 0 fully saturated rings. The van der Waals surface area contributed by atoms with E-state index < -0.39 is 12.2 Å². The Hall–Kier alpha value is -2.68. The molecule has 9 heteroatoms. The van der Waals surface area contributed by atoms with E-state index in [1.54, 1.807) is 12.3 Å². The van der Waals surface area contributed by atoms with Gasteiger partial charge in [-0.3, -0.25) is 4.90 Å². The van der Waals surface area contributed by atoms with E-state index in [2.05, 4.69) is 20.3 Å². The van der Waals surface area contributed by atoms with Crippen LogP contribution in [0.25, 0.3) is 0 Å². The fraction of sp³-hybridized carbons (Fsp3) is 0.438. The zero-order valence-electron chi connectivity index (χ0n) is 14.0. The number of fused-ring (bicyclic) bond motifs is 3. The van der Waals surface area contributed by atoms with Crippen LogP contribution in [-0.2, 0) is 0 Å². The Morgan fingerprint density at radius 1 is 1.40 bits per heavy atom. The predicted molar refractivity (Wildman–Crippen MR) is 90.6 cm³/mol. The summed E-state index contributed by atoms with van der Waals surface area (Å²) >= 11 is 0. The van der Waals surface area contributed by atoms with Crippen molar-refractivity contribution < 1.29 is 14.2 Å². The molecule has 2 N–H and O–H groups in total. The van der Waals surface area contributed by atoms with Gasteiger partial charge in [-0.2, -0.15) is 4.98 Å². The first-order valence-electron chi connectivity index (χ1n) is 8.18. The van der Waals surface area contributed by atoms with Crippen LogP contribution in [0.3, 0.4) is 0 Å². The van der Waals surface area contributed by atoms with Crippen LogP contribution in [0.4, 0.5) is 27.7 Å². The van der Waals surface area contributed by atoms with Crippen LogP contribution in [0.2, 0.25) is 0 Å². The van der Waals surface area contributed by atoms with E-state index in [0.29, 0.717) is 29.7 Å². The van der Waals surface area contributed by atoms with Gasteiger partial charge in [-0.05, 0) is 19.8 Å². The van der Waals surface area contributed by atoms with Crippen LogP contribution in [0.1, 0.15) is 19.8 Å². The second-order valence-electron chi connectivity index (χ2n) is 6.23. The van der Waals surface area contributed by atoms with Gasteiger partial charge >= 0.3 is 0 Å². The zero-order valence-corrected chi connectivity index (χ0v) is 14.0. The molecule has 0 saturated carbocycles. The van der Waals surface area contributed by atoms with Crippen LogP contribution in [-0.4, -0.2) is 46.1 Å². The smallest absolute Gasteiger partial charge is 0.227 e. The van der Waals surface area contributed by atoms with E-state index in [4.69, 9.17) is 4.74 Å². The van der Waals surface area contributed by atoms with Gasteiger partial charge in [-0.1, -0.05) is 0 Å². The molecule has 25 heavy (non-hydrogen) atoms. The highest BCUT2D eigenvalue weighted by molar-refractivity contribution is 5.83. The third-order valence-corrected chi connectivity index (χ3v) is 4.35. The van der Waals surface area contributed by atoms with Gasteiger partial charge in [0.05, 0.1) is 12.3 Å². The highest BCUT2D eigenvalue weighted by atomic mass is 19.1. The van der Waals surface area contributed by atoms with Gasteiger partial charge in [0.25, 0.3) is 0 Å². The number of hydrogen-bond acceptors (Lipinski definition) is 8. The lowest BCUT2D eigenvalue weighted by Gasteiger charge is -2.27. The van der Waals surface area contributed by atoms with Crippen molar-refractivity contribution in [2.24, 2.45) is 0 Å². The van der Waals surface area contributed by atoms with Crippen LogP contribution in [0, 0.1) is 5.82 Å². The SMILES string of the molecule is C[C@@H]1CCCN(C)c2ncc(F)c(n2)N2c3c(ccnc3NC2O)O1. The fourth-order valence-electron chi connectivity index (χ4n) is 3.09. The summed E-state index contributed by atoms with van der Waals surface area (Å²) in [6.45, 7) is 2.70. The number of rotatable bonds is 0. The van der Waals surface area contributed by atoms with Crippen molar-refractivity contribution in [1.82, 2.24) is 15.0 Å². The molecule has 2 aromatic rings. The van der Waals surface area contributed by atoms with E-state index in [9.17, 15) is 9.50 Å². The molecule has 0 spiro atoms. The molecule has 2 aliphatic rings. The number of hydrogen-bond donors (Lipinski definition) is 2. The fourth-order valence-corrected chi connectivity index (χ4v) is 3.09. The first kappa shape index (κ1) is 15.8. The van der Waals surface area contributed by atoms with Crippen molar-refractivity contribution >= 4 is 23.3 Å². The topological polar surface area (TPSA) is 86.6 Å². The molecule has 8 nitrogen and oxygen atoms in total. The molecule has 4 heterocycles. The highest BCUT2D eigenvalue weighted by Crippen LogP contribution is 2.45. The van der Waals surface area contributed by atoms with Gasteiger partial charge in [0.15, 0.2) is 17.5 Å². The number of nitrogens with zero attached hydrogens (tertiary/aromatic N) is 5. The Labute approximate surface area is 144 Å². The summed E-state index contributed by atoms with van der Waals surface area (Å²) in [4.78, 5) is 15.8. The van der Waals surface area contributed by atoms with Crippen LogP contribution in [0.5, 0.6) is 5.75 Å². The zero-order chi connectivity index (χ0) is 17.6. The molecule has 0 radical (unpaired) electrons. The molecule has 4 rings (SSSR count). The maximum Gasteiger partial charge on any atom is 0.227 e. The van der Waals surface area contributed by atoms with E-state index in [1.807, 2.05) is 18.9 Å². The largest absolute Gasteiger partial charge is 0.488 e. The molecule has 1 unspecified atom stereocenters. The maximum absolute atomic E-state index is 14.5. The van der Waals surface area contributed by atoms with Gasteiger partial charge < -0.3 is 20.1 Å². The lowest BCUT2D eigenvalue weighted by atomic mass is 10.2. The minimum Gasteiger partial charge on any atom is -0.488 e. The average molecular weight is 346 g/mol. The second kappa shape index (κ2) is 5.99. The monoisotopic (exact) mass is 346 g/mol. The Kier molecular flexibility index (Phi) is 3.79. The molecular formula is C16H19FN6O2. The Morgan fingerprint density at radius 3 is 3.08 bits per heavy atom. The van der Waals surface area contributed by atoms with Gasteiger partial charge in [-0.15, -0.1) is 0 Å². The first-order chi connectivity index (χ1) is 12.0. The third-order valence-electron chi connectivity index (χ3n) is 4.35. The van der Waals surface area contributed by atoms with Crippen molar-refractivity contribution in [2.45, 2.75) is 32.2 Å². The minimum absolute atomic E-state index is 0.0262. The normalized spacial score (nSPS) is 22.4. The summed E-state index contributed by atoms with van der Waals surface area (Å²) in [5.74, 6) is 0.682. The summed E-state index contributed by atoms with van der Waals surface area (Å²) in [7, 11) is 1.86. The van der Waals surface area contributed by atoms with Gasteiger partial charge in [0.2, 0.25) is 12.3 Å². The molecule has 0 aliphatic carbocycles. The second-order valence-corrected chi connectivity index (χ2v) is 6.23. The lowest BCUT2D eigenvalue weighted by Crippen LogP contribution is -2.34. The Morgan fingerprint density at radius 2 is 2.24 bits per heavy atom. The van der Waals surface area contributed by atoms with Crippen molar-refractivity contribution in [2.75, 3.05) is 28.7 Å². The van der Waals surface area contributed by atoms with Crippen molar-refractivity contribution in [3.63, 3.8) is 0 Å². The minimum atomic E-state index is -1.20. The highest BCUT2D eigenvalue weighted by Gasteiger charge is 2.36. The van der Waals surface area contributed by atoms with E-state index in [0.717, 1.165) is 19.0 Å². The number of anilines is 4. The predicted octanol–water partition coefficient (Wildman–Crippen LogP) is 1.85. The standard InChI is InChI=1S/C16H19FN6O2/c1-9-4-3-7-22(2)15-19-8-10(17)14(21-15)23-12-11(25-9)5-6-18-13(12)20-16(23)24/h5-6,8-9,16,24H,3-4,7H2,1-2H3,(H,18,20)/t9-,16?/m1/s1. The summed E-state index contributed by atoms with van der Waals surface area (Å²) in [5.41, 5.74) is 0.466. The quantitative estimate of drug-likeness (QED) is 0.747. The number of aliphatic hydroxyl groups excluding tert-OH is 1. The molecule has 0 aromatic carbocycles. The van der Waals surface area contributed by atoms with Gasteiger partial charge in [0.1, 0.15) is 11.4 Å². The van der Waals surface area contributed by atoms with E-state index in [1.165, 1.54) is 4.90 Å². The number of ether oxygens (including phenoxy) is 1. The molecule has 2 aliphatic heterocycles. The number of aromatic nitrogens is 3. The van der Waals surface area contributed by atoms with E-state index >= 15 is 0 Å². The van der Waals surface area contributed by atoms with Gasteiger partial charge in [-0.25, -0.2) is 14.4 Å². The van der Waals surface area contributed by atoms with Crippen molar-refractivity contribution in [3.8, 4) is 5.75 Å². The number of nitrogens with one attached hydrogen (secondary N) is 1. The summed E-state index contributed by atoms with van der Waals surface area (Å²) in [6.07, 6.45) is 3.18. The molecule has 0 amide bonds. The summed E-state index contributed by atoms with van der Waals surface area (Å²) in [6, 6.07) is 1.71. The van der Waals surface area contributed by atoms with Gasteiger partial charge in [0, 0.05) is 25.9 Å². The number of pyridine rings is 1. The summed E-state index contributed by atoms with van der Waals surface area (Å²) < 4.78 is 20.5. The lowest BCUT2D eigenvalue weighted by molar-refractivity contribution is 0.201. The average Bonchev–Trinajstić information content (AvgIpc) is 2.91. The maximum atomic E-state index is 14.5.